The molecule has 0 bridgehead atoms. The van der Waals surface area contributed by atoms with Gasteiger partial charge in [-0.25, -0.2) is 4.79 Å². The molecular weight excluding hydrogens is 104 g/mol. The lowest BCUT2D eigenvalue weighted by Crippen LogP contribution is -1.88. The second kappa shape index (κ2) is 2.84. The summed E-state index contributed by atoms with van der Waals surface area (Å²) in [5, 5.41) is 7.67. The van der Waals surface area contributed by atoms with Crippen LogP contribution in [0.4, 0.5) is 4.79 Å². The molecule has 0 fully saturated rings. The van der Waals surface area contributed by atoms with Gasteiger partial charge in [-0.05, 0) is 0 Å². The van der Waals surface area contributed by atoms with Crippen LogP contribution in [0, 0.1) is 0 Å². The first-order valence-corrected chi connectivity index (χ1v) is 2.36. The molecular formula is C2H4O3S. The Hall–Kier alpha value is -0.380. The lowest BCUT2D eigenvalue weighted by molar-refractivity contribution is 0.153. The van der Waals surface area contributed by atoms with Crippen LogP contribution in [0.25, 0.3) is 0 Å². The maximum Gasteiger partial charge on any atom is 0.518 e. The van der Waals surface area contributed by atoms with Gasteiger partial charge < -0.3 is 9.29 Å². The van der Waals surface area contributed by atoms with Crippen molar-refractivity contribution in [1.82, 2.24) is 0 Å². The Bertz CT molecular complexity index is 52.8. The summed E-state index contributed by atoms with van der Waals surface area (Å²) in [6.45, 7) is 0. The SMILES string of the molecule is CSOC(=O)O. The molecule has 0 aliphatic heterocycles. The quantitative estimate of drug-likeness (QED) is 0.508. The summed E-state index contributed by atoms with van der Waals surface area (Å²) < 4.78 is 3.88. The average molecular weight is 108 g/mol. The molecule has 0 rings (SSSR count). The second-order valence-electron chi connectivity index (χ2n) is 0.516. The van der Waals surface area contributed by atoms with Crippen molar-refractivity contribution in [2.75, 3.05) is 6.26 Å². The minimum absolute atomic E-state index is 0.810. The summed E-state index contributed by atoms with van der Waals surface area (Å²) in [7, 11) is 0. The normalized spacial score (nSPS) is 7.50. The molecule has 0 aromatic rings. The van der Waals surface area contributed by atoms with Gasteiger partial charge in [-0.1, -0.05) is 0 Å². The molecule has 0 unspecified atom stereocenters. The van der Waals surface area contributed by atoms with Crippen molar-refractivity contribution in [3.63, 3.8) is 0 Å². The molecule has 36 valence electrons. The Balaban J connectivity index is 2.83. The van der Waals surface area contributed by atoms with Crippen LogP contribution in [0.5, 0.6) is 0 Å². The highest BCUT2D eigenvalue weighted by Crippen LogP contribution is 1.92. The lowest BCUT2D eigenvalue weighted by Gasteiger charge is -1.84. The molecule has 3 nitrogen and oxygen atoms in total. The van der Waals surface area contributed by atoms with Crippen molar-refractivity contribution < 1.29 is 14.1 Å². The van der Waals surface area contributed by atoms with Crippen LogP contribution in [0.2, 0.25) is 0 Å². The van der Waals surface area contributed by atoms with Gasteiger partial charge in [-0.2, -0.15) is 0 Å². The van der Waals surface area contributed by atoms with E-state index in [2.05, 4.69) is 4.18 Å². The third-order valence-corrected chi connectivity index (χ3v) is 0.464. The van der Waals surface area contributed by atoms with Crippen LogP contribution in [0.3, 0.4) is 0 Å². The van der Waals surface area contributed by atoms with E-state index in [0.717, 1.165) is 12.0 Å². The lowest BCUT2D eigenvalue weighted by atomic mass is 11.5. The van der Waals surface area contributed by atoms with Crippen molar-refractivity contribution in [2.45, 2.75) is 0 Å². The van der Waals surface area contributed by atoms with E-state index in [-0.39, 0.29) is 0 Å². The molecule has 6 heavy (non-hydrogen) atoms. The number of rotatable bonds is 1. The molecule has 0 aromatic heterocycles. The summed E-state index contributed by atoms with van der Waals surface area (Å²) in [5.41, 5.74) is 0. The molecule has 1 N–H and O–H groups in total. The van der Waals surface area contributed by atoms with Gasteiger partial charge in [0.1, 0.15) is 0 Å². The monoisotopic (exact) mass is 108 g/mol. The van der Waals surface area contributed by atoms with Crippen LogP contribution in [-0.2, 0) is 4.18 Å². The van der Waals surface area contributed by atoms with Gasteiger partial charge in [0, 0.05) is 6.26 Å². The molecule has 0 saturated carbocycles. The number of carbonyl (C=O) groups is 1. The van der Waals surface area contributed by atoms with Gasteiger partial charge in [-0.15, -0.1) is 0 Å². The third-order valence-electron chi connectivity index (χ3n) is 0.155. The first kappa shape index (κ1) is 5.62. The number of hydrogen-bond donors (Lipinski definition) is 1. The van der Waals surface area contributed by atoms with Crippen LogP contribution in [0.1, 0.15) is 0 Å². The number of carboxylic acid groups (broad SMARTS) is 1. The Morgan fingerprint density at radius 2 is 2.50 bits per heavy atom. The fourth-order valence-electron chi connectivity index (χ4n) is 0.0713. The highest BCUT2D eigenvalue weighted by atomic mass is 32.2. The Kier molecular flexibility index (Phi) is 2.66. The summed E-state index contributed by atoms with van der Waals surface area (Å²) in [6.07, 6.45) is 0.288. The highest BCUT2D eigenvalue weighted by Gasteiger charge is 1.88. The topological polar surface area (TPSA) is 46.5 Å². The molecule has 0 aromatic carbocycles. The first-order chi connectivity index (χ1) is 2.77. The zero-order valence-corrected chi connectivity index (χ0v) is 3.99. The minimum atomic E-state index is -1.25. The van der Waals surface area contributed by atoms with Crippen LogP contribution in [-0.4, -0.2) is 17.5 Å². The summed E-state index contributed by atoms with van der Waals surface area (Å²) in [6, 6.07) is 0. The van der Waals surface area contributed by atoms with Gasteiger partial charge >= 0.3 is 6.16 Å². The minimum Gasteiger partial charge on any atom is -0.449 e. The standard InChI is InChI=1S/C2H4O3S/c1-6-5-2(3)4/h1H3,(H,3,4). The zero-order chi connectivity index (χ0) is 4.99. The zero-order valence-electron chi connectivity index (χ0n) is 3.17. The van der Waals surface area contributed by atoms with E-state index in [4.69, 9.17) is 5.11 Å². The van der Waals surface area contributed by atoms with Crippen molar-refractivity contribution in [1.29, 1.82) is 0 Å². The largest absolute Gasteiger partial charge is 0.518 e. The van der Waals surface area contributed by atoms with Crippen LogP contribution in [0.15, 0.2) is 0 Å². The van der Waals surface area contributed by atoms with Gasteiger partial charge in [0.05, 0.1) is 12.0 Å². The van der Waals surface area contributed by atoms with Gasteiger partial charge in [0.2, 0.25) is 0 Å². The smallest absolute Gasteiger partial charge is 0.449 e. The first-order valence-electron chi connectivity index (χ1n) is 1.21. The molecule has 0 aliphatic rings. The van der Waals surface area contributed by atoms with Gasteiger partial charge in [0.25, 0.3) is 0 Å². The van der Waals surface area contributed by atoms with Crippen molar-refractivity contribution in [2.24, 2.45) is 0 Å². The van der Waals surface area contributed by atoms with Crippen molar-refractivity contribution >= 4 is 18.2 Å². The predicted octanol–water partition coefficient (Wildman–Crippen LogP) is 0.959. The van der Waals surface area contributed by atoms with Crippen molar-refractivity contribution in [3.8, 4) is 0 Å². The maximum absolute atomic E-state index is 9.36. The molecule has 4 heteroatoms. The van der Waals surface area contributed by atoms with Gasteiger partial charge in [0.15, 0.2) is 0 Å². The van der Waals surface area contributed by atoms with E-state index in [1.165, 1.54) is 6.26 Å². The highest BCUT2D eigenvalue weighted by molar-refractivity contribution is 7.94. The molecule has 0 heterocycles. The second-order valence-corrected chi connectivity index (χ2v) is 1.02. The Labute approximate surface area is 39.5 Å². The molecule has 0 amide bonds. The summed E-state index contributed by atoms with van der Waals surface area (Å²) >= 11 is 0.810. The Morgan fingerprint density at radius 1 is 2.00 bits per heavy atom. The number of hydrogen-bond acceptors (Lipinski definition) is 3. The summed E-state index contributed by atoms with van der Waals surface area (Å²) in [5.74, 6) is 0. The van der Waals surface area contributed by atoms with E-state index in [9.17, 15) is 4.79 Å². The molecule has 0 radical (unpaired) electrons. The maximum atomic E-state index is 9.36. The van der Waals surface area contributed by atoms with E-state index in [1.54, 1.807) is 0 Å². The predicted molar refractivity (Wildman–Crippen MR) is 22.6 cm³/mol. The molecule has 0 atom stereocenters. The third kappa shape index (κ3) is 3.62. The molecule has 0 spiro atoms. The fourth-order valence-corrected chi connectivity index (χ4v) is 0.214. The summed E-state index contributed by atoms with van der Waals surface area (Å²) in [4.78, 5) is 9.36. The van der Waals surface area contributed by atoms with E-state index in [0.29, 0.717) is 0 Å². The van der Waals surface area contributed by atoms with E-state index in [1.807, 2.05) is 0 Å². The van der Waals surface area contributed by atoms with Gasteiger partial charge in [-0.3, -0.25) is 0 Å². The van der Waals surface area contributed by atoms with E-state index >= 15 is 0 Å². The average Bonchev–Trinajstić information content (AvgIpc) is 1.35. The fraction of sp³-hybridized carbons (Fsp3) is 0.500. The van der Waals surface area contributed by atoms with Crippen LogP contribution >= 0.6 is 12.0 Å². The molecule has 0 aliphatic carbocycles. The van der Waals surface area contributed by atoms with Crippen LogP contribution < -0.4 is 0 Å². The Morgan fingerprint density at radius 3 is 2.50 bits per heavy atom. The van der Waals surface area contributed by atoms with Crippen molar-refractivity contribution in [3.05, 3.63) is 0 Å². The molecule has 0 saturated heterocycles. The van der Waals surface area contributed by atoms with E-state index < -0.39 is 6.16 Å².